The van der Waals surface area contributed by atoms with E-state index in [1.165, 1.54) is 36.0 Å². The van der Waals surface area contributed by atoms with Crippen LogP contribution in [0.3, 0.4) is 0 Å². The predicted octanol–water partition coefficient (Wildman–Crippen LogP) is 7.12. The van der Waals surface area contributed by atoms with E-state index in [2.05, 4.69) is 30.3 Å². The number of tetrazole rings is 1. The number of methoxy groups -OCH3 is 3. The lowest BCUT2D eigenvalue weighted by atomic mass is 9.98. The summed E-state index contributed by atoms with van der Waals surface area (Å²) in [4.78, 5) is 35.8. The minimum absolute atomic E-state index is 0.0677. The van der Waals surface area contributed by atoms with Gasteiger partial charge >= 0.3 is 12.2 Å². The van der Waals surface area contributed by atoms with Gasteiger partial charge in [0.2, 0.25) is 25.9 Å². The number of sulfonamides is 2. The van der Waals surface area contributed by atoms with E-state index < -0.39 is 59.7 Å². The predicted molar refractivity (Wildman–Crippen MR) is 293 cm³/mol. The number of imidazole rings is 1. The topological polar surface area (TPSA) is 277 Å². The van der Waals surface area contributed by atoms with Crippen molar-refractivity contribution in [2.75, 3.05) is 40.2 Å². The number of anilines is 1. The van der Waals surface area contributed by atoms with Crippen molar-refractivity contribution in [2.45, 2.75) is 74.5 Å². The zero-order valence-corrected chi connectivity index (χ0v) is 45.7. The molecule has 1 fully saturated rings. The summed E-state index contributed by atoms with van der Waals surface area (Å²) in [5, 5.41) is 16.3. The number of H-pyrrole nitrogens is 1. The second-order valence-corrected chi connectivity index (χ2v) is 23.1. The molecule has 0 aliphatic carbocycles. The highest BCUT2D eigenvalue weighted by Crippen LogP contribution is 2.43. The van der Waals surface area contributed by atoms with Gasteiger partial charge in [-0.15, -0.1) is 10.2 Å². The summed E-state index contributed by atoms with van der Waals surface area (Å²) < 4.78 is 95.6. The molecule has 22 nitrogen and oxygen atoms in total. The van der Waals surface area contributed by atoms with Gasteiger partial charge in [0.05, 0.1) is 56.6 Å². The van der Waals surface area contributed by atoms with Crippen LogP contribution in [0.25, 0.3) is 33.5 Å². The lowest BCUT2D eigenvalue weighted by Gasteiger charge is -2.27. The molecule has 0 unspecified atom stereocenters. The van der Waals surface area contributed by atoms with E-state index in [0.29, 0.717) is 50.5 Å². The van der Waals surface area contributed by atoms with Crippen molar-refractivity contribution >= 4 is 49.2 Å². The number of aromatic nitrogens is 6. The number of carbonyl (C=O) groups is 2. The molecule has 1 aliphatic heterocycles. The van der Waals surface area contributed by atoms with E-state index in [1.807, 2.05) is 6.07 Å². The van der Waals surface area contributed by atoms with Gasteiger partial charge in [-0.1, -0.05) is 84.9 Å². The first-order valence-corrected chi connectivity index (χ1v) is 27.8. The van der Waals surface area contributed by atoms with Crippen LogP contribution in [0.15, 0.2) is 143 Å². The Bertz CT molecular complexity index is 3640. The van der Waals surface area contributed by atoms with Crippen molar-refractivity contribution < 1.29 is 50.1 Å². The van der Waals surface area contributed by atoms with Crippen LogP contribution in [0.1, 0.15) is 43.0 Å². The molecular weight excluding hydrogens is 1050 g/mol. The van der Waals surface area contributed by atoms with Gasteiger partial charge < -0.3 is 44.6 Å². The van der Waals surface area contributed by atoms with Crippen LogP contribution in [0.5, 0.6) is 17.2 Å². The van der Waals surface area contributed by atoms with E-state index in [0.717, 1.165) is 9.87 Å². The third-order valence-corrected chi connectivity index (χ3v) is 16.4. The normalized spacial score (nSPS) is 14.8. The first kappa shape index (κ1) is 55.2. The van der Waals surface area contributed by atoms with Gasteiger partial charge in [0, 0.05) is 31.7 Å². The van der Waals surface area contributed by atoms with Gasteiger partial charge in [0.1, 0.15) is 39.2 Å². The molecule has 6 aromatic carbocycles. The van der Waals surface area contributed by atoms with Crippen molar-refractivity contribution in [3.8, 4) is 39.8 Å². The number of nitrogen functional groups attached to an aromatic ring is 1. The Morgan fingerprint density at radius 2 is 1.32 bits per heavy atom. The smallest absolute Gasteiger partial charge is 0.410 e. The van der Waals surface area contributed by atoms with E-state index in [-0.39, 0.29) is 62.2 Å². The Hall–Kier alpha value is -8.58. The monoisotopic (exact) mass is 1110 g/mol. The molecule has 0 radical (unpaired) electrons. The summed E-state index contributed by atoms with van der Waals surface area (Å²) >= 11 is 0. The van der Waals surface area contributed by atoms with Crippen LogP contribution in [0, 0.1) is 0 Å². The zero-order chi connectivity index (χ0) is 56.1. The van der Waals surface area contributed by atoms with Crippen molar-refractivity contribution in [1.82, 2.24) is 49.4 Å². The number of aromatic amines is 1. The van der Waals surface area contributed by atoms with Gasteiger partial charge in [-0.3, -0.25) is 0 Å². The summed E-state index contributed by atoms with van der Waals surface area (Å²) in [5.41, 5.74) is 8.86. The van der Waals surface area contributed by atoms with E-state index >= 15 is 16.8 Å². The number of carbonyl (C=O) groups excluding carboxylic acids is 2. The van der Waals surface area contributed by atoms with Crippen molar-refractivity contribution in [3.05, 3.63) is 156 Å². The molecule has 2 amide bonds. The molecule has 1 saturated heterocycles. The number of amides is 2. The Kier molecular flexibility index (Phi) is 16.2. The Morgan fingerprint density at radius 1 is 0.722 bits per heavy atom. The average molecular weight is 1110 g/mol. The molecule has 1 aliphatic rings. The highest BCUT2D eigenvalue weighted by molar-refractivity contribution is 7.92. The summed E-state index contributed by atoms with van der Waals surface area (Å²) in [6, 6.07) is 35.0. The van der Waals surface area contributed by atoms with Crippen LogP contribution in [-0.2, 0) is 55.8 Å². The number of nitrogens with zero attached hydrogens (tertiary/aromatic N) is 7. The van der Waals surface area contributed by atoms with Crippen LogP contribution in [0.2, 0.25) is 0 Å². The fraction of sp³-hybridized carbons (Fsp3) is 0.273. The highest BCUT2D eigenvalue weighted by Gasteiger charge is 2.44. The fourth-order valence-corrected chi connectivity index (χ4v) is 12.7. The summed E-state index contributed by atoms with van der Waals surface area (Å²) in [6.45, 7) is 3.93. The number of para-hydroxylation sites is 1. The number of rotatable bonds is 19. The molecule has 2 atom stereocenters. The number of hydrogen-bond acceptors (Lipinski definition) is 16. The molecule has 2 aromatic heterocycles. The number of hydrogen-bond donors (Lipinski definition) is 4. The summed E-state index contributed by atoms with van der Waals surface area (Å²) in [5.74, 6) is 1.47. The zero-order valence-electron chi connectivity index (χ0n) is 44.1. The summed E-state index contributed by atoms with van der Waals surface area (Å²) in [6.07, 6.45) is -1.68. The molecule has 0 spiro atoms. The number of alkyl carbamates (subject to hydrolysis) is 1. The Labute approximate surface area is 456 Å². The minimum Gasteiger partial charge on any atom is -0.497 e. The van der Waals surface area contributed by atoms with Crippen LogP contribution in [-0.4, -0.2) is 121 Å². The fourth-order valence-electron chi connectivity index (χ4n) is 9.00. The first-order valence-electron chi connectivity index (χ1n) is 24.9. The third-order valence-electron chi connectivity index (χ3n) is 12.8. The molecular formula is C55H59N11O11S2. The average Bonchev–Trinajstić information content (AvgIpc) is 4.39. The second-order valence-electron chi connectivity index (χ2n) is 19.5. The first-order chi connectivity index (χ1) is 37.8. The van der Waals surface area contributed by atoms with Crippen LogP contribution in [0.4, 0.5) is 15.5 Å². The van der Waals surface area contributed by atoms with Gasteiger partial charge in [-0.05, 0) is 102 Å². The number of nitrogens with one attached hydrogen (secondary N) is 3. The maximum Gasteiger partial charge on any atom is 0.410 e. The second kappa shape index (κ2) is 23.2. The van der Waals surface area contributed by atoms with Crippen molar-refractivity contribution in [3.63, 3.8) is 0 Å². The number of benzene rings is 6. The lowest BCUT2D eigenvalue weighted by molar-refractivity contribution is 0.0287. The number of nitrogens with two attached hydrogens (primary N) is 1. The van der Waals surface area contributed by atoms with Crippen LogP contribution < -0.4 is 30.0 Å². The molecule has 9 rings (SSSR count). The van der Waals surface area contributed by atoms with E-state index in [4.69, 9.17) is 34.5 Å². The molecule has 3 heterocycles. The van der Waals surface area contributed by atoms with Gasteiger partial charge in [0.25, 0.3) is 0 Å². The number of fused-ring (bicyclic) bond motifs is 1. The molecule has 24 heteroatoms. The molecule has 0 bridgehead atoms. The quantitative estimate of drug-likeness (QED) is 0.0627. The standard InChI is InChI=1S/C55H59N11O11S2/c1-55(2,3)77-54(68)64-32-45(58-53(67)76-34-38-11-8-7-9-12-38)46(33-64)62-78(69,70)47-28-27-42(43-13-10-14-44-49(43)59-52(56)57-44)48(51-60-63-66(61-51)31-37-19-25-41(75-6)26-20-37)50(47)79(71,72)65(29-35-15-21-39(73-4)22-16-35)30-36-17-23-40(74-5)24-18-36/h7-28,45-46,62H,29-34H2,1-6H3,(H,58,67)(H3,56,57,59)/t45-,46+/m1/s1. The number of likely N-dealkylation sites (tertiary alicyclic amines) is 1. The molecule has 412 valence electrons. The third kappa shape index (κ3) is 12.9. The number of ether oxygens (including phenoxy) is 5. The Balaban J connectivity index is 1.24. The largest absolute Gasteiger partial charge is 0.497 e. The van der Waals surface area contributed by atoms with Crippen molar-refractivity contribution in [2.24, 2.45) is 0 Å². The van der Waals surface area contributed by atoms with E-state index in [1.54, 1.807) is 143 Å². The maximum absolute atomic E-state index is 16.5. The molecule has 79 heavy (non-hydrogen) atoms. The SMILES string of the molecule is COc1ccc(CN(Cc2ccc(OC)cc2)S(=O)(=O)c2c(S(=O)(=O)N[C@H]3CN(C(=O)OC(C)(C)C)C[C@H]3NC(=O)OCc3ccccc3)ccc(-c3cccc4[nH]c(N)nc34)c2-c2nnn(Cc3ccc(OC)cc3)n2)cc1. The van der Waals surface area contributed by atoms with Crippen molar-refractivity contribution in [1.29, 1.82) is 0 Å². The van der Waals surface area contributed by atoms with Gasteiger partial charge in [-0.2, -0.15) is 9.10 Å². The lowest BCUT2D eigenvalue weighted by Crippen LogP contribution is -2.51. The van der Waals surface area contributed by atoms with E-state index in [9.17, 15) is 9.59 Å². The molecule has 0 saturated carbocycles. The van der Waals surface area contributed by atoms with Gasteiger partial charge in [-0.25, -0.2) is 36.1 Å². The minimum atomic E-state index is -5.11. The highest BCUT2D eigenvalue weighted by atomic mass is 32.2. The van der Waals surface area contributed by atoms with Crippen LogP contribution >= 0.6 is 0 Å². The molecule has 5 N–H and O–H groups in total. The van der Waals surface area contributed by atoms with Gasteiger partial charge in [0.15, 0.2) is 5.95 Å². The maximum atomic E-state index is 16.5. The Morgan fingerprint density at radius 3 is 1.91 bits per heavy atom. The molecule has 8 aromatic rings. The summed E-state index contributed by atoms with van der Waals surface area (Å²) in [7, 11) is -5.62.